The van der Waals surface area contributed by atoms with Crippen molar-refractivity contribution < 1.29 is 14.3 Å². The second-order valence-corrected chi connectivity index (χ2v) is 4.63. The van der Waals surface area contributed by atoms with Gasteiger partial charge in [-0.25, -0.2) is 4.79 Å². The highest BCUT2D eigenvalue weighted by Crippen LogP contribution is 2.07. The molecule has 0 aromatic rings. The number of esters is 1. The molecule has 0 spiro atoms. The van der Waals surface area contributed by atoms with Gasteiger partial charge in [-0.15, -0.1) is 13.2 Å². The first-order valence-corrected chi connectivity index (χ1v) is 7.22. The van der Waals surface area contributed by atoms with Crippen LogP contribution in [0, 0.1) is 0 Å². The highest BCUT2D eigenvalue weighted by Gasteiger charge is 2.13. The Morgan fingerprint density at radius 3 is 2.32 bits per heavy atom. The van der Waals surface area contributed by atoms with Crippen LogP contribution in [0.15, 0.2) is 25.3 Å². The van der Waals surface area contributed by atoms with E-state index < -0.39 is 6.10 Å². The SMILES string of the molecule is C=CCCCCCCCCOC(=O)C(C)OCC=C. The second-order valence-electron chi connectivity index (χ2n) is 4.63. The summed E-state index contributed by atoms with van der Waals surface area (Å²) in [5.74, 6) is -0.284. The maximum atomic E-state index is 11.5. The van der Waals surface area contributed by atoms with Crippen LogP contribution in [0.4, 0.5) is 0 Å². The maximum Gasteiger partial charge on any atom is 0.334 e. The average Bonchev–Trinajstić information content (AvgIpc) is 2.42. The normalized spacial score (nSPS) is 11.8. The summed E-state index contributed by atoms with van der Waals surface area (Å²) in [6, 6.07) is 0. The highest BCUT2D eigenvalue weighted by molar-refractivity contribution is 5.74. The molecule has 1 atom stereocenters. The second kappa shape index (κ2) is 13.3. The lowest BCUT2D eigenvalue weighted by atomic mass is 10.1. The van der Waals surface area contributed by atoms with Crippen LogP contribution < -0.4 is 0 Å². The monoisotopic (exact) mass is 268 g/mol. The molecule has 0 heterocycles. The van der Waals surface area contributed by atoms with Gasteiger partial charge in [0.05, 0.1) is 13.2 Å². The van der Waals surface area contributed by atoms with Crippen LogP contribution in [-0.2, 0) is 14.3 Å². The summed E-state index contributed by atoms with van der Waals surface area (Å²) in [5.41, 5.74) is 0. The minimum absolute atomic E-state index is 0.284. The fraction of sp³-hybridized carbons (Fsp3) is 0.688. The van der Waals surface area contributed by atoms with E-state index in [1.165, 1.54) is 25.7 Å². The highest BCUT2D eigenvalue weighted by atomic mass is 16.6. The number of carbonyl (C=O) groups is 1. The predicted octanol–water partition coefficient (Wildman–Crippen LogP) is 4.04. The van der Waals surface area contributed by atoms with Crippen molar-refractivity contribution in [3.63, 3.8) is 0 Å². The molecule has 110 valence electrons. The number of hydrogen-bond acceptors (Lipinski definition) is 3. The summed E-state index contributed by atoms with van der Waals surface area (Å²) in [4.78, 5) is 11.5. The molecule has 0 bridgehead atoms. The first-order valence-electron chi connectivity index (χ1n) is 7.22. The fourth-order valence-corrected chi connectivity index (χ4v) is 1.67. The van der Waals surface area contributed by atoms with Gasteiger partial charge in [-0.2, -0.15) is 0 Å². The molecule has 0 aliphatic rings. The van der Waals surface area contributed by atoms with Crippen LogP contribution in [0.3, 0.4) is 0 Å². The molecule has 1 unspecified atom stereocenters. The smallest absolute Gasteiger partial charge is 0.334 e. The summed E-state index contributed by atoms with van der Waals surface area (Å²) < 4.78 is 10.3. The molecule has 0 N–H and O–H groups in total. The van der Waals surface area contributed by atoms with E-state index in [0.717, 1.165) is 19.3 Å². The number of rotatable bonds is 13. The van der Waals surface area contributed by atoms with Gasteiger partial charge in [0.1, 0.15) is 0 Å². The molecular weight excluding hydrogens is 240 g/mol. The largest absolute Gasteiger partial charge is 0.464 e. The molecule has 3 nitrogen and oxygen atoms in total. The topological polar surface area (TPSA) is 35.5 Å². The minimum Gasteiger partial charge on any atom is -0.464 e. The van der Waals surface area contributed by atoms with Gasteiger partial charge in [-0.1, -0.05) is 37.8 Å². The molecular formula is C16H28O3. The van der Waals surface area contributed by atoms with Crippen molar-refractivity contribution in [3.8, 4) is 0 Å². The van der Waals surface area contributed by atoms with Crippen molar-refractivity contribution in [2.45, 2.75) is 58.0 Å². The summed E-state index contributed by atoms with van der Waals surface area (Å²) in [5, 5.41) is 0. The summed E-state index contributed by atoms with van der Waals surface area (Å²) in [7, 11) is 0. The number of hydrogen-bond donors (Lipinski definition) is 0. The summed E-state index contributed by atoms with van der Waals surface area (Å²) >= 11 is 0. The predicted molar refractivity (Wildman–Crippen MR) is 79.1 cm³/mol. The van der Waals surface area contributed by atoms with E-state index in [-0.39, 0.29) is 5.97 Å². The molecule has 0 radical (unpaired) electrons. The Bertz CT molecular complexity index is 248. The van der Waals surface area contributed by atoms with Gasteiger partial charge in [-0.3, -0.25) is 0 Å². The molecule has 0 aromatic carbocycles. The Balaban J connectivity index is 3.31. The van der Waals surface area contributed by atoms with Crippen molar-refractivity contribution in [3.05, 3.63) is 25.3 Å². The molecule has 0 saturated heterocycles. The van der Waals surface area contributed by atoms with Crippen molar-refractivity contribution >= 4 is 5.97 Å². The van der Waals surface area contributed by atoms with Crippen LogP contribution in [0.2, 0.25) is 0 Å². The standard InChI is InChI=1S/C16H28O3/c1-4-6-7-8-9-10-11-12-14-19-16(17)15(3)18-13-5-2/h4-5,15H,1-2,6-14H2,3H3. The van der Waals surface area contributed by atoms with E-state index in [0.29, 0.717) is 13.2 Å². The van der Waals surface area contributed by atoms with E-state index >= 15 is 0 Å². The number of carbonyl (C=O) groups excluding carboxylic acids is 1. The van der Waals surface area contributed by atoms with Gasteiger partial charge in [0.25, 0.3) is 0 Å². The third kappa shape index (κ3) is 11.7. The van der Waals surface area contributed by atoms with Gasteiger partial charge in [0.15, 0.2) is 6.10 Å². The van der Waals surface area contributed by atoms with E-state index in [2.05, 4.69) is 13.2 Å². The van der Waals surface area contributed by atoms with Gasteiger partial charge in [0, 0.05) is 0 Å². The number of ether oxygens (including phenoxy) is 2. The van der Waals surface area contributed by atoms with Crippen molar-refractivity contribution in [1.82, 2.24) is 0 Å². The molecule has 19 heavy (non-hydrogen) atoms. The molecule has 0 aliphatic heterocycles. The van der Waals surface area contributed by atoms with Crippen LogP contribution in [-0.4, -0.2) is 25.3 Å². The third-order valence-electron chi connectivity index (χ3n) is 2.84. The Hall–Kier alpha value is -1.09. The Labute approximate surface area is 117 Å². The van der Waals surface area contributed by atoms with Crippen molar-refractivity contribution in [1.29, 1.82) is 0 Å². The van der Waals surface area contributed by atoms with Crippen LogP contribution >= 0.6 is 0 Å². The molecule has 0 aromatic heterocycles. The Kier molecular flexibility index (Phi) is 12.6. The van der Waals surface area contributed by atoms with Gasteiger partial charge in [-0.05, 0) is 26.2 Å². The lowest BCUT2D eigenvalue weighted by Crippen LogP contribution is -2.23. The number of unbranched alkanes of at least 4 members (excludes halogenated alkanes) is 6. The van der Waals surface area contributed by atoms with Crippen LogP contribution in [0.1, 0.15) is 51.9 Å². The van der Waals surface area contributed by atoms with Gasteiger partial charge >= 0.3 is 5.97 Å². The lowest BCUT2D eigenvalue weighted by Gasteiger charge is -2.11. The maximum absolute atomic E-state index is 11.5. The Morgan fingerprint density at radius 1 is 1.05 bits per heavy atom. The zero-order valence-corrected chi connectivity index (χ0v) is 12.2. The van der Waals surface area contributed by atoms with Gasteiger partial charge < -0.3 is 9.47 Å². The summed E-state index contributed by atoms with van der Waals surface area (Å²) in [6.07, 6.45) is 11.2. The van der Waals surface area contributed by atoms with E-state index in [1.54, 1.807) is 13.0 Å². The lowest BCUT2D eigenvalue weighted by molar-refractivity contribution is -0.155. The zero-order chi connectivity index (χ0) is 14.3. The zero-order valence-electron chi connectivity index (χ0n) is 12.2. The van der Waals surface area contributed by atoms with E-state index in [9.17, 15) is 4.79 Å². The first-order chi connectivity index (χ1) is 9.22. The molecule has 0 saturated carbocycles. The van der Waals surface area contributed by atoms with Crippen LogP contribution in [0.5, 0.6) is 0 Å². The van der Waals surface area contributed by atoms with E-state index in [4.69, 9.17) is 9.47 Å². The van der Waals surface area contributed by atoms with Crippen molar-refractivity contribution in [2.24, 2.45) is 0 Å². The number of allylic oxidation sites excluding steroid dienone is 1. The first kappa shape index (κ1) is 17.9. The molecule has 0 amide bonds. The quantitative estimate of drug-likeness (QED) is 0.287. The molecule has 0 aliphatic carbocycles. The fourth-order valence-electron chi connectivity index (χ4n) is 1.67. The van der Waals surface area contributed by atoms with Crippen LogP contribution in [0.25, 0.3) is 0 Å². The Morgan fingerprint density at radius 2 is 1.68 bits per heavy atom. The third-order valence-corrected chi connectivity index (χ3v) is 2.84. The molecule has 0 rings (SSSR count). The average molecular weight is 268 g/mol. The summed E-state index contributed by atoms with van der Waals surface area (Å²) in [6.45, 7) is 9.81. The van der Waals surface area contributed by atoms with Crippen molar-refractivity contribution in [2.75, 3.05) is 13.2 Å². The molecule has 0 fully saturated rings. The molecule has 3 heteroatoms. The van der Waals surface area contributed by atoms with E-state index in [1.807, 2.05) is 6.08 Å². The minimum atomic E-state index is -0.503. The van der Waals surface area contributed by atoms with Gasteiger partial charge in [0.2, 0.25) is 0 Å².